The zero-order valence-electron chi connectivity index (χ0n) is 13.7. The van der Waals surface area contributed by atoms with Gasteiger partial charge in [-0.15, -0.1) is 0 Å². The summed E-state index contributed by atoms with van der Waals surface area (Å²) in [7, 11) is 0. The lowest BCUT2D eigenvalue weighted by Crippen LogP contribution is -2.52. The van der Waals surface area contributed by atoms with E-state index in [1.54, 1.807) is 0 Å². The topological polar surface area (TPSA) is 41.6 Å². The van der Waals surface area contributed by atoms with Crippen LogP contribution in [-0.4, -0.2) is 36.5 Å². The molecule has 0 radical (unpaired) electrons. The summed E-state index contributed by atoms with van der Waals surface area (Å²) in [5.41, 5.74) is 1.65. The number of amides is 1. The van der Waals surface area contributed by atoms with Gasteiger partial charge in [0.15, 0.2) is 0 Å². The molecule has 24 heavy (non-hydrogen) atoms. The van der Waals surface area contributed by atoms with Crippen molar-refractivity contribution in [2.45, 2.75) is 19.6 Å². The van der Waals surface area contributed by atoms with Crippen LogP contribution < -0.4 is 10.1 Å². The van der Waals surface area contributed by atoms with E-state index in [0.717, 1.165) is 25.2 Å². The molecule has 0 aliphatic carbocycles. The molecule has 1 heterocycles. The van der Waals surface area contributed by atoms with Crippen molar-refractivity contribution in [3.63, 3.8) is 0 Å². The van der Waals surface area contributed by atoms with Gasteiger partial charge < -0.3 is 15.0 Å². The maximum atomic E-state index is 12.7. The number of benzene rings is 2. The largest absolute Gasteiger partial charge is 0.489 e. The molecule has 1 N–H and O–H groups in total. The van der Waals surface area contributed by atoms with Crippen molar-refractivity contribution in [3.8, 4) is 5.75 Å². The van der Waals surface area contributed by atoms with Crippen molar-refractivity contribution in [2.75, 3.05) is 19.6 Å². The van der Waals surface area contributed by atoms with Gasteiger partial charge in [-0.3, -0.25) is 4.79 Å². The summed E-state index contributed by atoms with van der Waals surface area (Å²) >= 11 is 5.98. The molecule has 0 saturated carbocycles. The van der Waals surface area contributed by atoms with Gasteiger partial charge in [-0.2, -0.15) is 0 Å². The van der Waals surface area contributed by atoms with Crippen LogP contribution in [-0.2, 0) is 6.61 Å². The Labute approximate surface area is 147 Å². The predicted molar refractivity (Wildman–Crippen MR) is 95.6 cm³/mol. The molecule has 0 aromatic heterocycles. The molecule has 0 spiro atoms. The molecule has 5 heteroatoms. The van der Waals surface area contributed by atoms with E-state index in [4.69, 9.17) is 16.3 Å². The van der Waals surface area contributed by atoms with Crippen LogP contribution in [0, 0.1) is 0 Å². The van der Waals surface area contributed by atoms with Crippen LogP contribution in [0.5, 0.6) is 5.75 Å². The molecule has 1 amide bonds. The van der Waals surface area contributed by atoms with Crippen LogP contribution in [0.4, 0.5) is 0 Å². The molecular weight excluding hydrogens is 324 g/mol. The normalized spacial score (nSPS) is 17.6. The second-order valence-electron chi connectivity index (χ2n) is 6.00. The van der Waals surface area contributed by atoms with Gasteiger partial charge in [0.05, 0.1) is 0 Å². The molecule has 0 bridgehead atoms. The summed E-state index contributed by atoms with van der Waals surface area (Å²) in [5.74, 6) is 0.737. The van der Waals surface area contributed by atoms with Crippen molar-refractivity contribution in [1.82, 2.24) is 10.2 Å². The summed E-state index contributed by atoms with van der Waals surface area (Å²) in [6, 6.07) is 15.1. The third kappa shape index (κ3) is 4.08. The van der Waals surface area contributed by atoms with Gasteiger partial charge in [-0.1, -0.05) is 29.8 Å². The number of hydrogen-bond donors (Lipinski definition) is 1. The molecule has 1 saturated heterocycles. The van der Waals surface area contributed by atoms with E-state index in [2.05, 4.69) is 12.2 Å². The van der Waals surface area contributed by atoms with Crippen molar-refractivity contribution in [1.29, 1.82) is 0 Å². The van der Waals surface area contributed by atoms with Crippen molar-refractivity contribution in [3.05, 3.63) is 64.7 Å². The lowest BCUT2D eigenvalue weighted by molar-refractivity contribution is 0.0655. The Morgan fingerprint density at radius 1 is 1.29 bits per heavy atom. The quantitative estimate of drug-likeness (QED) is 0.924. The number of carbonyl (C=O) groups is 1. The molecule has 4 nitrogen and oxygen atoms in total. The third-order valence-electron chi connectivity index (χ3n) is 4.14. The van der Waals surface area contributed by atoms with Gasteiger partial charge in [0, 0.05) is 36.3 Å². The van der Waals surface area contributed by atoms with E-state index >= 15 is 0 Å². The molecule has 0 unspecified atom stereocenters. The lowest BCUT2D eigenvalue weighted by Gasteiger charge is -2.34. The first-order chi connectivity index (χ1) is 11.6. The van der Waals surface area contributed by atoms with Gasteiger partial charge in [0.2, 0.25) is 0 Å². The van der Waals surface area contributed by atoms with E-state index in [0.29, 0.717) is 22.9 Å². The fourth-order valence-corrected chi connectivity index (χ4v) is 3.03. The monoisotopic (exact) mass is 344 g/mol. The molecule has 126 valence electrons. The van der Waals surface area contributed by atoms with E-state index in [9.17, 15) is 4.79 Å². The summed E-state index contributed by atoms with van der Waals surface area (Å²) in [5, 5.41) is 3.98. The number of halogens is 1. The Kier molecular flexibility index (Phi) is 5.38. The molecule has 1 aliphatic heterocycles. The number of hydrogen-bond acceptors (Lipinski definition) is 3. The Morgan fingerprint density at radius 2 is 2.12 bits per heavy atom. The fourth-order valence-electron chi connectivity index (χ4n) is 2.82. The van der Waals surface area contributed by atoms with Crippen molar-refractivity contribution < 1.29 is 9.53 Å². The number of piperazine rings is 1. The summed E-state index contributed by atoms with van der Waals surface area (Å²) in [4.78, 5) is 14.6. The van der Waals surface area contributed by atoms with Crippen LogP contribution in [0.25, 0.3) is 0 Å². The molecular formula is C19H21ClN2O2. The number of ether oxygens (including phenoxy) is 1. The van der Waals surface area contributed by atoms with Crippen LogP contribution in [0.15, 0.2) is 48.5 Å². The van der Waals surface area contributed by atoms with Crippen LogP contribution in [0.3, 0.4) is 0 Å². The minimum atomic E-state index is 0.0530. The van der Waals surface area contributed by atoms with Crippen LogP contribution in [0.2, 0.25) is 5.02 Å². The van der Waals surface area contributed by atoms with Crippen molar-refractivity contribution >= 4 is 17.5 Å². The van der Waals surface area contributed by atoms with Gasteiger partial charge in [0.1, 0.15) is 12.4 Å². The van der Waals surface area contributed by atoms with Gasteiger partial charge in [-0.25, -0.2) is 0 Å². The van der Waals surface area contributed by atoms with Gasteiger partial charge >= 0.3 is 0 Å². The summed E-state index contributed by atoms with van der Waals surface area (Å²) in [6.07, 6.45) is 0. The zero-order chi connectivity index (χ0) is 16.9. The Morgan fingerprint density at radius 3 is 2.92 bits per heavy atom. The fraction of sp³-hybridized carbons (Fsp3) is 0.316. The summed E-state index contributed by atoms with van der Waals surface area (Å²) < 4.78 is 5.81. The minimum absolute atomic E-state index is 0.0530. The van der Waals surface area contributed by atoms with E-state index in [1.807, 2.05) is 53.4 Å². The maximum absolute atomic E-state index is 12.7. The average Bonchev–Trinajstić information content (AvgIpc) is 2.60. The SMILES string of the molecule is C[C@H]1CNCCN1C(=O)c1cccc(OCc2cccc(Cl)c2)c1. The second kappa shape index (κ2) is 7.69. The highest BCUT2D eigenvalue weighted by atomic mass is 35.5. The third-order valence-corrected chi connectivity index (χ3v) is 4.37. The number of carbonyl (C=O) groups excluding carboxylic acids is 1. The number of nitrogens with zero attached hydrogens (tertiary/aromatic N) is 1. The smallest absolute Gasteiger partial charge is 0.254 e. The maximum Gasteiger partial charge on any atom is 0.254 e. The zero-order valence-corrected chi connectivity index (χ0v) is 14.4. The molecule has 2 aromatic rings. The average molecular weight is 345 g/mol. The molecule has 3 rings (SSSR count). The highest BCUT2D eigenvalue weighted by Crippen LogP contribution is 2.19. The number of rotatable bonds is 4. The molecule has 1 aliphatic rings. The lowest BCUT2D eigenvalue weighted by atomic mass is 10.1. The highest BCUT2D eigenvalue weighted by Gasteiger charge is 2.24. The summed E-state index contributed by atoms with van der Waals surface area (Å²) in [6.45, 7) is 4.87. The van der Waals surface area contributed by atoms with Gasteiger partial charge in [0.25, 0.3) is 5.91 Å². The highest BCUT2D eigenvalue weighted by molar-refractivity contribution is 6.30. The first-order valence-corrected chi connectivity index (χ1v) is 8.50. The van der Waals surface area contributed by atoms with Crippen molar-refractivity contribution in [2.24, 2.45) is 0 Å². The standard InChI is InChI=1S/C19H21ClN2O2/c1-14-12-21-8-9-22(14)19(23)16-5-3-7-18(11-16)24-13-15-4-2-6-17(20)10-15/h2-7,10-11,14,21H,8-9,12-13H2,1H3/t14-/m0/s1. The van der Waals surface area contributed by atoms with E-state index in [1.165, 1.54) is 0 Å². The Balaban J connectivity index is 1.68. The van der Waals surface area contributed by atoms with E-state index in [-0.39, 0.29) is 11.9 Å². The Hall–Kier alpha value is -2.04. The first-order valence-electron chi connectivity index (χ1n) is 8.12. The number of nitrogens with one attached hydrogen (secondary N) is 1. The first kappa shape index (κ1) is 16.8. The van der Waals surface area contributed by atoms with Gasteiger partial charge in [-0.05, 0) is 42.8 Å². The molecule has 1 fully saturated rings. The second-order valence-corrected chi connectivity index (χ2v) is 6.43. The minimum Gasteiger partial charge on any atom is -0.489 e. The van der Waals surface area contributed by atoms with E-state index < -0.39 is 0 Å². The molecule has 2 aromatic carbocycles. The predicted octanol–water partition coefficient (Wildman–Crippen LogP) is 3.35. The van der Waals surface area contributed by atoms with Crippen LogP contribution in [0.1, 0.15) is 22.8 Å². The molecule has 1 atom stereocenters. The van der Waals surface area contributed by atoms with Crippen LogP contribution >= 0.6 is 11.6 Å². The Bertz CT molecular complexity index is 720.